The molecule has 0 bridgehead atoms. The van der Waals surface area contributed by atoms with E-state index in [0.717, 1.165) is 14.2 Å². The maximum Gasteiger partial charge on any atom is 0.134 e. The van der Waals surface area contributed by atoms with E-state index in [0.29, 0.717) is 12.1 Å². The first-order valence-corrected chi connectivity index (χ1v) is 8.00. The van der Waals surface area contributed by atoms with Gasteiger partial charge in [-0.05, 0) is 59.6 Å². The van der Waals surface area contributed by atoms with Gasteiger partial charge in [0.15, 0.2) is 0 Å². The molecule has 2 aromatic rings. The van der Waals surface area contributed by atoms with Crippen molar-refractivity contribution in [1.29, 1.82) is 0 Å². The van der Waals surface area contributed by atoms with Gasteiger partial charge in [0.25, 0.3) is 0 Å². The average molecular weight is 360 g/mol. The lowest BCUT2D eigenvalue weighted by molar-refractivity contribution is 0.509. The van der Waals surface area contributed by atoms with Crippen molar-refractivity contribution in [2.45, 2.75) is 26.8 Å². The summed E-state index contributed by atoms with van der Waals surface area (Å²) in [4.78, 5) is 0.902. The molecule has 5 heteroatoms. The molecule has 1 atom stereocenters. The predicted molar refractivity (Wildman–Crippen MR) is 83.4 cm³/mol. The van der Waals surface area contributed by atoms with E-state index in [9.17, 15) is 8.78 Å². The van der Waals surface area contributed by atoms with Gasteiger partial charge in [-0.25, -0.2) is 8.78 Å². The topological polar surface area (TPSA) is 12.0 Å². The first-order chi connectivity index (χ1) is 9.45. The molecule has 1 nitrogen and oxygen atoms in total. The molecule has 0 aliphatic heterocycles. The van der Waals surface area contributed by atoms with Gasteiger partial charge in [0.1, 0.15) is 11.6 Å². The lowest BCUT2D eigenvalue weighted by atomic mass is 10.0. The first kappa shape index (κ1) is 15.6. The summed E-state index contributed by atoms with van der Waals surface area (Å²) in [5, 5.41) is 3.17. The molecule has 0 amide bonds. The van der Waals surface area contributed by atoms with Gasteiger partial charge in [-0.15, -0.1) is 11.3 Å². The number of halogens is 3. The molecular weight excluding hydrogens is 344 g/mol. The quantitative estimate of drug-likeness (QED) is 0.800. The van der Waals surface area contributed by atoms with Crippen LogP contribution in [-0.4, -0.2) is 6.54 Å². The average Bonchev–Trinajstić information content (AvgIpc) is 2.73. The van der Waals surface area contributed by atoms with Crippen molar-refractivity contribution >= 4 is 27.3 Å². The van der Waals surface area contributed by atoms with E-state index in [1.165, 1.54) is 23.5 Å². The standard InChI is InChI=1S/C15H16BrF2NS/c1-4-19-14(11-7-9(3)15(16)20-11)12-10(17)6-5-8(2)13(12)18/h5-7,14,19H,4H2,1-3H3. The molecule has 0 saturated heterocycles. The minimum absolute atomic E-state index is 0.0978. The molecule has 1 aromatic carbocycles. The largest absolute Gasteiger partial charge is 0.306 e. The van der Waals surface area contributed by atoms with Crippen molar-refractivity contribution in [2.75, 3.05) is 6.54 Å². The van der Waals surface area contributed by atoms with Gasteiger partial charge in [0, 0.05) is 10.4 Å². The van der Waals surface area contributed by atoms with Gasteiger partial charge in [0.2, 0.25) is 0 Å². The number of aryl methyl sites for hydroxylation is 2. The number of benzene rings is 1. The van der Waals surface area contributed by atoms with Crippen molar-refractivity contribution in [3.8, 4) is 0 Å². The Morgan fingerprint density at radius 2 is 1.95 bits per heavy atom. The van der Waals surface area contributed by atoms with Crippen LogP contribution in [0.2, 0.25) is 0 Å². The zero-order valence-corrected chi connectivity index (χ0v) is 14.0. The van der Waals surface area contributed by atoms with Gasteiger partial charge >= 0.3 is 0 Å². The summed E-state index contributed by atoms with van der Waals surface area (Å²) in [6, 6.07) is 4.29. The molecule has 1 N–H and O–H groups in total. The third-order valence-electron chi connectivity index (χ3n) is 3.18. The van der Waals surface area contributed by atoms with Crippen LogP contribution in [0.1, 0.15) is 34.5 Å². The number of thiophene rings is 1. The lowest BCUT2D eigenvalue weighted by Crippen LogP contribution is -2.23. The number of hydrogen-bond donors (Lipinski definition) is 1. The SMILES string of the molecule is CCNC(c1cc(C)c(Br)s1)c1c(F)ccc(C)c1F. The Kier molecular flexibility index (Phi) is 4.94. The molecule has 0 saturated carbocycles. The normalized spacial score (nSPS) is 12.7. The maximum absolute atomic E-state index is 14.3. The van der Waals surface area contributed by atoms with Crippen LogP contribution in [0.4, 0.5) is 8.78 Å². The minimum atomic E-state index is -0.513. The van der Waals surface area contributed by atoms with Gasteiger partial charge in [-0.1, -0.05) is 13.0 Å². The molecule has 20 heavy (non-hydrogen) atoms. The highest BCUT2D eigenvalue weighted by Crippen LogP contribution is 2.36. The molecule has 1 aromatic heterocycles. The Hall–Kier alpha value is -0.780. The highest BCUT2D eigenvalue weighted by molar-refractivity contribution is 9.11. The second kappa shape index (κ2) is 6.33. The smallest absolute Gasteiger partial charge is 0.134 e. The van der Waals surface area contributed by atoms with E-state index in [2.05, 4.69) is 21.2 Å². The zero-order valence-electron chi connectivity index (χ0n) is 11.6. The summed E-state index contributed by atoms with van der Waals surface area (Å²) in [5.41, 5.74) is 1.62. The summed E-state index contributed by atoms with van der Waals surface area (Å²) >= 11 is 4.96. The van der Waals surface area contributed by atoms with Crippen molar-refractivity contribution in [1.82, 2.24) is 5.32 Å². The zero-order chi connectivity index (χ0) is 14.9. The highest BCUT2D eigenvalue weighted by atomic mass is 79.9. The maximum atomic E-state index is 14.3. The van der Waals surface area contributed by atoms with E-state index < -0.39 is 17.7 Å². The summed E-state index contributed by atoms with van der Waals surface area (Å²) in [7, 11) is 0. The van der Waals surface area contributed by atoms with Gasteiger partial charge < -0.3 is 5.32 Å². The van der Waals surface area contributed by atoms with Crippen LogP contribution in [0, 0.1) is 25.5 Å². The minimum Gasteiger partial charge on any atom is -0.306 e. The third kappa shape index (κ3) is 2.95. The molecule has 0 fully saturated rings. The van der Waals surface area contributed by atoms with Crippen LogP contribution in [-0.2, 0) is 0 Å². The Morgan fingerprint density at radius 3 is 2.50 bits per heavy atom. The van der Waals surface area contributed by atoms with E-state index in [1.807, 2.05) is 19.9 Å². The van der Waals surface area contributed by atoms with E-state index in [-0.39, 0.29) is 5.56 Å². The monoisotopic (exact) mass is 359 g/mol. The van der Waals surface area contributed by atoms with E-state index >= 15 is 0 Å². The first-order valence-electron chi connectivity index (χ1n) is 6.39. The molecule has 2 rings (SSSR count). The third-order valence-corrected chi connectivity index (χ3v) is 5.38. The summed E-state index contributed by atoms with van der Waals surface area (Å²) in [6.45, 7) is 6.17. The van der Waals surface area contributed by atoms with Crippen molar-refractivity contribution in [3.05, 3.63) is 55.2 Å². The van der Waals surface area contributed by atoms with Crippen LogP contribution < -0.4 is 5.32 Å². The molecular formula is C15H16BrF2NS. The Labute approximate surface area is 130 Å². The Balaban J connectivity index is 2.57. The van der Waals surface area contributed by atoms with Gasteiger partial charge in [0.05, 0.1) is 9.83 Å². The van der Waals surface area contributed by atoms with Gasteiger partial charge in [-0.2, -0.15) is 0 Å². The summed E-state index contributed by atoms with van der Waals surface area (Å²) in [5.74, 6) is -0.987. The fourth-order valence-electron chi connectivity index (χ4n) is 2.12. The van der Waals surface area contributed by atoms with Crippen LogP contribution >= 0.6 is 27.3 Å². The fourth-order valence-corrected chi connectivity index (χ4v) is 3.77. The molecule has 0 aliphatic carbocycles. The Morgan fingerprint density at radius 1 is 1.25 bits per heavy atom. The molecule has 108 valence electrons. The molecule has 0 aliphatic rings. The second-order valence-corrected chi connectivity index (χ2v) is 7.09. The molecule has 0 spiro atoms. The van der Waals surface area contributed by atoms with Crippen molar-refractivity contribution < 1.29 is 8.78 Å². The van der Waals surface area contributed by atoms with Crippen LogP contribution in [0.25, 0.3) is 0 Å². The van der Waals surface area contributed by atoms with Gasteiger partial charge in [-0.3, -0.25) is 0 Å². The van der Waals surface area contributed by atoms with Crippen LogP contribution in [0.3, 0.4) is 0 Å². The van der Waals surface area contributed by atoms with Crippen LogP contribution in [0.15, 0.2) is 22.0 Å². The lowest BCUT2D eigenvalue weighted by Gasteiger charge is -2.19. The fraction of sp³-hybridized carbons (Fsp3) is 0.333. The second-order valence-electron chi connectivity index (χ2n) is 4.69. The number of hydrogen-bond acceptors (Lipinski definition) is 2. The van der Waals surface area contributed by atoms with Crippen molar-refractivity contribution in [2.24, 2.45) is 0 Å². The molecule has 0 radical (unpaired) electrons. The Bertz CT molecular complexity index is 605. The van der Waals surface area contributed by atoms with Crippen LogP contribution in [0.5, 0.6) is 0 Å². The van der Waals surface area contributed by atoms with E-state index in [1.54, 1.807) is 6.92 Å². The number of rotatable bonds is 4. The predicted octanol–water partition coefficient (Wildman–Crippen LogP) is 5.10. The summed E-state index contributed by atoms with van der Waals surface area (Å²) < 4.78 is 29.4. The molecule has 1 unspecified atom stereocenters. The number of nitrogens with one attached hydrogen (secondary N) is 1. The summed E-state index contributed by atoms with van der Waals surface area (Å²) in [6.07, 6.45) is 0. The van der Waals surface area contributed by atoms with E-state index in [4.69, 9.17) is 0 Å². The molecule has 1 heterocycles. The highest BCUT2D eigenvalue weighted by Gasteiger charge is 2.24. The van der Waals surface area contributed by atoms with Crippen molar-refractivity contribution in [3.63, 3.8) is 0 Å².